The first-order valence-electron chi connectivity index (χ1n) is 10.9. The lowest BCUT2D eigenvalue weighted by molar-refractivity contribution is -0.136. The fourth-order valence-corrected chi connectivity index (χ4v) is 5.10. The third-order valence-electron chi connectivity index (χ3n) is 6.47. The maximum Gasteiger partial charge on any atom is 0.255 e. The molecule has 1 atom stereocenters. The third kappa shape index (κ3) is 4.28. The van der Waals surface area contributed by atoms with Crippen molar-refractivity contribution in [1.29, 1.82) is 0 Å². The second kappa shape index (κ2) is 8.89. The van der Waals surface area contributed by atoms with E-state index in [1.54, 1.807) is 17.3 Å². The van der Waals surface area contributed by atoms with Crippen LogP contribution in [0.15, 0.2) is 36.7 Å². The molecule has 7 nitrogen and oxygen atoms in total. The van der Waals surface area contributed by atoms with Gasteiger partial charge in [0, 0.05) is 56.1 Å². The minimum Gasteiger partial charge on any atom is -0.322 e. The van der Waals surface area contributed by atoms with Gasteiger partial charge in [0.25, 0.3) is 5.91 Å². The van der Waals surface area contributed by atoms with Crippen molar-refractivity contribution in [1.82, 2.24) is 20.1 Å². The molecular formula is C24H22Cl2N4O3. The molecule has 3 amide bonds. The van der Waals surface area contributed by atoms with Crippen LogP contribution in [0.5, 0.6) is 0 Å². The molecule has 170 valence electrons. The number of imide groups is 1. The highest BCUT2D eigenvalue weighted by atomic mass is 35.5. The standard InChI is InChI=1S/C24H22Cl2N4O3/c25-19-11-27-10-18(22(19)26)15-5-7-29(8-6-15)12-14-1-2-17-16(9-14)13-30(24(17)33)20-3-4-21(31)28-23(20)32/h1-2,5,9-11,20H,3-4,6-8,12-13H2,(H,28,31,32). The summed E-state index contributed by atoms with van der Waals surface area (Å²) < 4.78 is 0. The second-order valence-electron chi connectivity index (χ2n) is 8.59. The average Bonchev–Trinajstić information content (AvgIpc) is 3.12. The molecule has 0 saturated carbocycles. The van der Waals surface area contributed by atoms with Gasteiger partial charge >= 0.3 is 0 Å². The molecule has 0 spiro atoms. The zero-order valence-electron chi connectivity index (χ0n) is 17.8. The van der Waals surface area contributed by atoms with Crippen LogP contribution in [0, 0.1) is 0 Å². The van der Waals surface area contributed by atoms with Crippen molar-refractivity contribution < 1.29 is 14.4 Å². The molecule has 1 saturated heterocycles. The lowest BCUT2D eigenvalue weighted by Crippen LogP contribution is -2.52. The summed E-state index contributed by atoms with van der Waals surface area (Å²) in [5, 5.41) is 3.33. The summed E-state index contributed by atoms with van der Waals surface area (Å²) in [6.07, 6.45) is 6.91. The smallest absolute Gasteiger partial charge is 0.255 e. The molecule has 1 aromatic carbocycles. The van der Waals surface area contributed by atoms with Gasteiger partial charge in [0.05, 0.1) is 10.0 Å². The van der Waals surface area contributed by atoms with Crippen LogP contribution < -0.4 is 5.32 Å². The van der Waals surface area contributed by atoms with Crippen LogP contribution in [0.25, 0.3) is 5.57 Å². The molecule has 0 aliphatic carbocycles. The van der Waals surface area contributed by atoms with Crippen LogP contribution >= 0.6 is 23.2 Å². The van der Waals surface area contributed by atoms with E-state index in [-0.39, 0.29) is 18.2 Å². The SMILES string of the molecule is O=C1CCC(N2Cc3cc(CN4CC=C(c5cncc(Cl)c5Cl)CC4)ccc3C2=O)C(=O)N1. The number of nitrogens with one attached hydrogen (secondary N) is 1. The number of carbonyl (C=O) groups is 3. The number of piperidine rings is 1. The Bertz CT molecular complexity index is 1200. The van der Waals surface area contributed by atoms with Gasteiger partial charge < -0.3 is 4.90 Å². The van der Waals surface area contributed by atoms with Crippen LogP contribution in [0.4, 0.5) is 0 Å². The summed E-state index contributed by atoms with van der Waals surface area (Å²) in [4.78, 5) is 44.6. The summed E-state index contributed by atoms with van der Waals surface area (Å²) in [6.45, 7) is 2.79. The van der Waals surface area contributed by atoms with E-state index in [1.807, 2.05) is 12.1 Å². The maximum atomic E-state index is 12.9. The first-order chi connectivity index (χ1) is 15.9. The molecule has 33 heavy (non-hydrogen) atoms. The predicted molar refractivity (Wildman–Crippen MR) is 125 cm³/mol. The minimum absolute atomic E-state index is 0.149. The highest BCUT2D eigenvalue weighted by Gasteiger charge is 2.39. The van der Waals surface area contributed by atoms with Crippen molar-refractivity contribution in [2.75, 3.05) is 13.1 Å². The van der Waals surface area contributed by atoms with Crippen LogP contribution in [0.1, 0.15) is 46.3 Å². The molecular weight excluding hydrogens is 463 g/mol. The van der Waals surface area contributed by atoms with E-state index in [0.717, 1.165) is 48.3 Å². The number of amides is 3. The molecule has 3 aliphatic rings. The van der Waals surface area contributed by atoms with Gasteiger partial charge in [-0.25, -0.2) is 0 Å². The van der Waals surface area contributed by atoms with Crippen molar-refractivity contribution in [2.45, 2.75) is 38.4 Å². The lowest BCUT2D eigenvalue weighted by Gasteiger charge is -2.29. The molecule has 9 heteroatoms. The molecule has 1 N–H and O–H groups in total. The quantitative estimate of drug-likeness (QED) is 0.672. The van der Waals surface area contributed by atoms with E-state index < -0.39 is 11.9 Å². The van der Waals surface area contributed by atoms with Crippen molar-refractivity contribution in [3.63, 3.8) is 0 Å². The van der Waals surface area contributed by atoms with Crippen LogP contribution in [-0.2, 0) is 22.7 Å². The van der Waals surface area contributed by atoms with Crippen LogP contribution in [0.2, 0.25) is 10.0 Å². The Morgan fingerprint density at radius 1 is 1.09 bits per heavy atom. The van der Waals surface area contributed by atoms with Gasteiger partial charge in [-0.05, 0) is 35.6 Å². The third-order valence-corrected chi connectivity index (χ3v) is 7.26. The number of carbonyl (C=O) groups excluding carboxylic acids is 3. The molecule has 1 fully saturated rings. The minimum atomic E-state index is -0.593. The Labute approximate surface area is 201 Å². The van der Waals surface area contributed by atoms with E-state index in [2.05, 4.69) is 27.3 Å². The van der Waals surface area contributed by atoms with Gasteiger partial charge in [0.2, 0.25) is 11.8 Å². The summed E-state index contributed by atoms with van der Waals surface area (Å²) in [5.74, 6) is -0.822. The number of pyridine rings is 1. The molecule has 1 unspecified atom stereocenters. The first kappa shape index (κ1) is 22.1. The van der Waals surface area contributed by atoms with Crippen molar-refractivity contribution in [3.8, 4) is 0 Å². The fraction of sp³-hybridized carbons (Fsp3) is 0.333. The van der Waals surface area contributed by atoms with Crippen molar-refractivity contribution >= 4 is 46.5 Å². The summed E-state index contributed by atoms with van der Waals surface area (Å²) in [7, 11) is 0. The maximum absolute atomic E-state index is 12.9. The number of hydrogen-bond acceptors (Lipinski definition) is 5. The highest BCUT2D eigenvalue weighted by Crippen LogP contribution is 2.33. The van der Waals surface area contributed by atoms with Gasteiger partial charge in [0.1, 0.15) is 6.04 Å². The zero-order chi connectivity index (χ0) is 23.1. The van der Waals surface area contributed by atoms with Gasteiger partial charge in [-0.15, -0.1) is 0 Å². The monoisotopic (exact) mass is 484 g/mol. The van der Waals surface area contributed by atoms with Gasteiger partial charge in [-0.2, -0.15) is 0 Å². The number of nitrogens with zero attached hydrogens (tertiary/aromatic N) is 3. The number of aromatic nitrogens is 1. The van der Waals surface area contributed by atoms with Gasteiger partial charge in [0.15, 0.2) is 0 Å². The fourth-order valence-electron chi connectivity index (χ4n) is 4.73. The average molecular weight is 485 g/mol. The number of rotatable bonds is 4. The molecule has 2 aromatic rings. The van der Waals surface area contributed by atoms with Gasteiger partial charge in [-0.1, -0.05) is 41.4 Å². The molecule has 5 rings (SSSR count). The Kier molecular flexibility index (Phi) is 5.95. The van der Waals surface area contributed by atoms with E-state index in [9.17, 15) is 14.4 Å². The molecule has 1 aromatic heterocycles. The van der Waals surface area contributed by atoms with Gasteiger partial charge in [-0.3, -0.25) is 29.6 Å². The Morgan fingerprint density at radius 3 is 2.70 bits per heavy atom. The van der Waals surface area contributed by atoms with Crippen LogP contribution in [0.3, 0.4) is 0 Å². The Hall–Kier alpha value is -2.74. The summed E-state index contributed by atoms with van der Waals surface area (Å²) in [6, 6.07) is 5.28. The molecule has 0 bridgehead atoms. The summed E-state index contributed by atoms with van der Waals surface area (Å²) in [5.41, 5.74) is 4.70. The van der Waals surface area contributed by atoms with E-state index in [4.69, 9.17) is 23.2 Å². The normalized spacial score (nSPS) is 21.2. The van der Waals surface area contributed by atoms with E-state index >= 15 is 0 Å². The van der Waals surface area contributed by atoms with E-state index in [1.165, 1.54) is 0 Å². The Balaban J connectivity index is 1.26. The molecule has 3 aliphatic heterocycles. The van der Waals surface area contributed by atoms with Crippen molar-refractivity contribution in [3.05, 3.63) is 69.0 Å². The molecule has 4 heterocycles. The summed E-state index contributed by atoms with van der Waals surface area (Å²) >= 11 is 12.4. The zero-order valence-corrected chi connectivity index (χ0v) is 19.3. The van der Waals surface area contributed by atoms with Crippen LogP contribution in [-0.4, -0.2) is 51.6 Å². The first-order valence-corrected chi connectivity index (χ1v) is 11.6. The number of halogens is 2. The predicted octanol–water partition coefficient (Wildman–Crippen LogP) is 3.44. The highest BCUT2D eigenvalue weighted by molar-refractivity contribution is 6.42. The second-order valence-corrected chi connectivity index (χ2v) is 9.37. The largest absolute Gasteiger partial charge is 0.322 e. The number of benzene rings is 1. The van der Waals surface area contributed by atoms with E-state index in [0.29, 0.717) is 28.6 Å². The number of fused-ring (bicyclic) bond motifs is 1. The van der Waals surface area contributed by atoms with Crippen molar-refractivity contribution in [2.24, 2.45) is 0 Å². The topological polar surface area (TPSA) is 82.6 Å². The Morgan fingerprint density at radius 2 is 1.94 bits per heavy atom. The molecule has 0 radical (unpaired) electrons. The lowest BCUT2D eigenvalue weighted by atomic mass is 10.00. The number of hydrogen-bond donors (Lipinski definition) is 1.